The molecule has 0 spiro atoms. The molecule has 1 unspecified atom stereocenters. The van der Waals surface area contributed by atoms with Crippen LogP contribution in [0.25, 0.3) is 0 Å². The number of methoxy groups -OCH3 is 2. The first kappa shape index (κ1) is 12.0. The third-order valence-electron chi connectivity index (χ3n) is 2.79. The molecule has 2 heterocycles. The SMILES string of the molecule is COC(=O)c1cn2c(c1C(=O)OC)CSC2C. The van der Waals surface area contributed by atoms with Crippen molar-refractivity contribution in [3.63, 3.8) is 0 Å². The van der Waals surface area contributed by atoms with Crippen LogP contribution in [0.2, 0.25) is 0 Å². The Balaban J connectivity index is 2.57. The van der Waals surface area contributed by atoms with Gasteiger partial charge in [-0.25, -0.2) is 9.59 Å². The lowest BCUT2D eigenvalue weighted by Gasteiger charge is -2.03. The molecule has 2 rings (SSSR count). The summed E-state index contributed by atoms with van der Waals surface area (Å²) in [5, 5.41) is 0.215. The van der Waals surface area contributed by atoms with Gasteiger partial charge < -0.3 is 14.0 Å². The zero-order valence-corrected chi connectivity index (χ0v) is 10.7. The molecule has 0 amide bonds. The fraction of sp³-hybridized carbons (Fsp3) is 0.455. The molecule has 0 radical (unpaired) electrons. The number of aromatic nitrogens is 1. The Hall–Kier alpha value is -1.43. The molecule has 5 nitrogen and oxygen atoms in total. The van der Waals surface area contributed by atoms with E-state index in [1.54, 1.807) is 18.0 Å². The minimum Gasteiger partial charge on any atom is -0.465 e. The number of hydrogen-bond donors (Lipinski definition) is 0. The van der Waals surface area contributed by atoms with E-state index in [1.165, 1.54) is 14.2 Å². The maximum Gasteiger partial charge on any atom is 0.340 e. The van der Waals surface area contributed by atoms with Crippen LogP contribution in [0.5, 0.6) is 0 Å². The topological polar surface area (TPSA) is 57.5 Å². The molecular weight excluding hydrogens is 242 g/mol. The maximum atomic E-state index is 11.7. The van der Waals surface area contributed by atoms with Gasteiger partial charge >= 0.3 is 11.9 Å². The van der Waals surface area contributed by atoms with E-state index in [0.717, 1.165) is 5.69 Å². The number of fused-ring (bicyclic) bond motifs is 1. The van der Waals surface area contributed by atoms with Gasteiger partial charge in [-0.1, -0.05) is 0 Å². The predicted octanol–water partition coefficient (Wildman–Crippen LogP) is 1.83. The number of carbonyl (C=O) groups excluding carboxylic acids is 2. The second-order valence-electron chi connectivity index (χ2n) is 3.67. The first-order valence-corrected chi connectivity index (χ1v) is 6.17. The van der Waals surface area contributed by atoms with Crippen LogP contribution in [-0.4, -0.2) is 30.7 Å². The molecular formula is C11H13NO4S. The summed E-state index contributed by atoms with van der Waals surface area (Å²) in [4.78, 5) is 23.3. The standard InChI is InChI=1S/C11H13NO4S/c1-6-12-4-7(10(13)15-2)9(11(14)16-3)8(12)5-17-6/h4,6H,5H2,1-3H3. The minimum atomic E-state index is -0.510. The monoisotopic (exact) mass is 255 g/mol. The highest BCUT2D eigenvalue weighted by Crippen LogP contribution is 2.39. The number of thioether (sulfide) groups is 1. The predicted molar refractivity (Wildman–Crippen MR) is 63.1 cm³/mol. The Labute approximate surface area is 103 Å². The first-order chi connectivity index (χ1) is 8.10. The Kier molecular flexibility index (Phi) is 3.15. The summed E-state index contributed by atoms with van der Waals surface area (Å²) >= 11 is 1.71. The lowest BCUT2D eigenvalue weighted by atomic mass is 10.1. The Morgan fingerprint density at radius 2 is 2.00 bits per heavy atom. The largest absolute Gasteiger partial charge is 0.465 e. The van der Waals surface area contributed by atoms with Crippen LogP contribution in [-0.2, 0) is 15.2 Å². The number of hydrogen-bond acceptors (Lipinski definition) is 5. The highest BCUT2D eigenvalue weighted by atomic mass is 32.2. The van der Waals surface area contributed by atoms with Crippen molar-refractivity contribution in [2.75, 3.05) is 14.2 Å². The second-order valence-corrected chi connectivity index (χ2v) is 4.97. The fourth-order valence-corrected chi connectivity index (χ4v) is 2.95. The molecule has 0 N–H and O–H groups in total. The zero-order valence-electron chi connectivity index (χ0n) is 9.85. The molecule has 0 saturated heterocycles. The minimum absolute atomic E-state index is 0.215. The summed E-state index contributed by atoms with van der Waals surface area (Å²) in [5.41, 5.74) is 1.44. The number of nitrogens with zero attached hydrogens (tertiary/aromatic N) is 1. The van der Waals surface area contributed by atoms with Crippen molar-refractivity contribution in [2.24, 2.45) is 0 Å². The average Bonchev–Trinajstić information content (AvgIpc) is 2.87. The Morgan fingerprint density at radius 3 is 2.59 bits per heavy atom. The molecule has 17 heavy (non-hydrogen) atoms. The van der Waals surface area contributed by atoms with Gasteiger partial charge in [0.2, 0.25) is 0 Å². The van der Waals surface area contributed by atoms with Crippen molar-refractivity contribution >= 4 is 23.7 Å². The summed E-state index contributed by atoms with van der Waals surface area (Å²) in [7, 11) is 2.60. The van der Waals surface area contributed by atoms with Crippen LogP contribution in [0.1, 0.15) is 38.7 Å². The highest BCUT2D eigenvalue weighted by Gasteiger charge is 2.31. The summed E-state index contributed by atoms with van der Waals surface area (Å²) in [6.45, 7) is 2.02. The van der Waals surface area contributed by atoms with E-state index in [-0.39, 0.29) is 10.9 Å². The molecule has 0 saturated carbocycles. The number of rotatable bonds is 2. The molecule has 0 aromatic carbocycles. The molecule has 92 valence electrons. The molecule has 1 aliphatic rings. The van der Waals surface area contributed by atoms with Gasteiger partial charge in [-0.3, -0.25) is 0 Å². The molecule has 6 heteroatoms. The second kappa shape index (κ2) is 4.44. The van der Waals surface area contributed by atoms with Crippen LogP contribution in [0.15, 0.2) is 6.20 Å². The number of ether oxygens (including phenoxy) is 2. The summed E-state index contributed by atoms with van der Waals surface area (Å²) in [5.74, 6) is -0.305. The fourth-order valence-electron chi connectivity index (χ4n) is 1.91. The maximum absolute atomic E-state index is 11.7. The molecule has 1 aliphatic heterocycles. The van der Waals surface area contributed by atoms with Crippen LogP contribution in [0.4, 0.5) is 0 Å². The van der Waals surface area contributed by atoms with E-state index >= 15 is 0 Å². The van der Waals surface area contributed by atoms with E-state index in [2.05, 4.69) is 4.74 Å². The third-order valence-corrected chi connectivity index (χ3v) is 3.94. The average molecular weight is 255 g/mol. The Bertz CT molecular complexity index is 480. The van der Waals surface area contributed by atoms with Gasteiger partial charge in [-0.05, 0) is 6.92 Å². The number of carbonyl (C=O) groups is 2. The highest BCUT2D eigenvalue weighted by molar-refractivity contribution is 7.98. The van der Waals surface area contributed by atoms with Gasteiger partial charge in [-0.15, -0.1) is 11.8 Å². The van der Waals surface area contributed by atoms with E-state index in [4.69, 9.17) is 4.74 Å². The third kappa shape index (κ3) is 1.82. The van der Waals surface area contributed by atoms with Gasteiger partial charge in [0.1, 0.15) is 0 Å². The summed E-state index contributed by atoms with van der Waals surface area (Å²) in [6.07, 6.45) is 1.66. The van der Waals surface area contributed by atoms with Crippen molar-refractivity contribution in [2.45, 2.75) is 18.1 Å². The molecule has 0 fully saturated rings. The van der Waals surface area contributed by atoms with Gasteiger partial charge in [0.25, 0.3) is 0 Å². The van der Waals surface area contributed by atoms with E-state index < -0.39 is 11.9 Å². The van der Waals surface area contributed by atoms with Gasteiger partial charge in [-0.2, -0.15) is 0 Å². The lowest BCUT2D eigenvalue weighted by Crippen LogP contribution is -2.10. The zero-order chi connectivity index (χ0) is 12.6. The van der Waals surface area contributed by atoms with Crippen LogP contribution in [0, 0.1) is 0 Å². The first-order valence-electron chi connectivity index (χ1n) is 5.12. The molecule has 0 aliphatic carbocycles. The van der Waals surface area contributed by atoms with Gasteiger partial charge in [0.15, 0.2) is 0 Å². The van der Waals surface area contributed by atoms with Crippen molar-refractivity contribution in [1.82, 2.24) is 4.57 Å². The molecule has 1 aromatic heterocycles. The van der Waals surface area contributed by atoms with Crippen molar-refractivity contribution in [1.29, 1.82) is 0 Å². The van der Waals surface area contributed by atoms with Crippen LogP contribution in [0.3, 0.4) is 0 Å². The van der Waals surface area contributed by atoms with E-state index in [0.29, 0.717) is 11.3 Å². The van der Waals surface area contributed by atoms with Gasteiger partial charge in [0, 0.05) is 17.6 Å². The summed E-state index contributed by atoms with van der Waals surface area (Å²) < 4.78 is 11.3. The normalized spacial score (nSPS) is 17.7. The van der Waals surface area contributed by atoms with Crippen molar-refractivity contribution < 1.29 is 19.1 Å². The van der Waals surface area contributed by atoms with Gasteiger partial charge in [0.05, 0.1) is 30.7 Å². The van der Waals surface area contributed by atoms with Crippen LogP contribution >= 0.6 is 11.8 Å². The molecule has 0 bridgehead atoms. The Morgan fingerprint density at radius 1 is 1.35 bits per heavy atom. The quantitative estimate of drug-likeness (QED) is 0.754. The van der Waals surface area contributed by atoms with E-state index in [9.17, 15) is 9.59 Å². The van der Waals surface area contributed by atoms with Crippen molar-refractivity contribution in [3.8, 4) is 0 Å². The number of esters is 2. The summed E-state index contributed by atoms with van der Waals surface area (Å²) in [6, 6.07) is 0. The van der Waals surface area contributed by atoms with Crippen LogP contribution < -0.4 is 0 Å². The van der Waals surface area contributed by atoms with E-state index in [1.807, 2.05) is 11.5 Å². The smallest absolute Gasteiger partial charge is 0.340 e. The molecule has 1 aromatic rings. The lowest BCUT2D eigenvalue weighted by molar-refractivity contribution is 0.0556. The van der Waals surface area contributed by atoms with Crippen molar-refractivity contribution in [3.05, 3.63) is 23.0 Å². The molecule has 1 atom stereocenters.